The fourth-order valence-electron chi connectivity index (χ4n) is 2.96. The van der Waals surface area contributed by atoms with Crippen LogP contribution < -0.4 is 10.6 Å². The maximum absolute atomic E-state index is 12.6. The van der Waals surface area contributed by atoms with E-state index in [-0.39, 0.29) is 5.91 Å². The van der Waals surface area contributed by atoms with E-state index in [1.807, 2.05) is 25.7 Å². The number of ether oxygens (including phenoxy) is 1. The van der Waals surface area contributed by atoms with Gasteiger partial charge in [-0.2, -0.15) is 0 Å². The minimum Gasteiger partial charge on any atom is -0.444 e. The summed E-state index contributed by atoms with van der Waals surface area (Å²) in [5, 5.41) is 6.04. The van der Waals surface area contributed by atoms with Crippen molar-refractivity contribution in [2.24, 2.45) is 0 Å². The van der Waals surface area contributed by atoms with Gasteiger partial charge in [-0.3, -0.25) is 4.79 Å². The molecule has 0 unspecified atom stereocenters. The Balaban J connectivity index is 1.91. The van der Waals surface area contributed by atoms with E-state index in [9.17, 15) is 9.59 Å². The number of alkyl carbamates (subject to hydrolysis) is 1. The quantitative estimate of drug-likeness (QED) is 0.805. The van der Waals surface area contributed by atoms with Crippen molar-refractivity contribution in [2.75, 3.05) is 19.6 Å². The Hall–Kier alpha value is -1.30. The largest absolute Gasteiger partial charge is 0.444 e. The van der Waals surface area contributed by atoms with Gasteiger partial charge in [0.1, 0.15) is 11.6 Å². The number of nitrogens with one attached hydrogen (secondary N) is 2. The van der Waals surface area contributed by atoms with Gasteiger partial charge >= 0.3 is 6.09 Å². The summed E-state index contributed by atoms with van der Waals surface area (Å²) in [6.45, 7) is 8.16. The Kier molecular flexibility index (Phi) is 5.08. The Morgan fingerprint density at radius 3 is 2.57 bits per heavy atom. The number of hydrogen-bond acceptors (Lipinski definition) is 4. The second-order valence-electron chi connectivity index (χ2n) is 6.85. The molecule has 0 aromatic rings. The predicted molar refractivity (Wildman–Crippen MR) is 80.0 cm³/mol. The fraction of sp³-hybridized carbons (Fsp3) is 0.867. The molecule has 0 aromatic carbocycles. The Bertz CT molecular complexity index is 386. The smallest absolute Gasteiger partial charge is 0.408 e. The van der Waals surface area contributed by atoms with Crippen LogP contribution in [0.5, 0.6) is 0 Å². The molecule has 0 radical (unpaired) electrons. The van der Waals surface area contributed by atoms with Crippen LogP contribution in [0.2, 0.25) is 0 Å². The first-order valence-corrected chi connectivity index (χ1v) is 7.87. The molecule has 2 saturated heterocycles. The molecule has 1 atom stereocenters. The maximum atomic E-state index is 12.6. The number of hydrogen-bond donors (Lipinski definition) is 2. The van der Waals surface area contributed by atoms with Crippen LogP contribution >= 0.6 is 0 Å². The first-order valence-electron chi connectivity index (χ1n) is 7.87. The molecule has 0 aromatic heterocycles. The third-order valence-electron chi connectivity index (χ3n) is 3.91. The van der Waals surface area contributed by atoms with Crippen LogP contribution in [-0.2, 0) is 9.53 Å². The van der Waals surface area contributed by atoms with E-state index in [1.165, 1.54) is 0 Å². The average Bonchev–Trinajstić information content (AvgIpc) is 2.40. The lowest BCUT2D eigenvalue weighted by molar-refractivity contribution is -0.139. The summed E-state index contributed by atoms with van der Waals surface area (Å²) >= 11 is 0. The van der Waals surface area contributed by atoms with Crippen LogP contribution in [0.3, 0.4) is 0 Å². The Morgan fingerprint density at radius 1 is 1.29 bits per heavy atom. The summed E-state index contributed by atoms with van der Waals surface area (Å²) in [7, 11) is 0. The van der Waals surface area contributed by atoms with E-state index in [4.69, 9.17) is 4.74 Å². The summed E-state index contributed by atoms with van der Waals surface area (Å²) in [6, 6.07) is -0.134. The second-order valence-corrected chi connectivity index (χ2v) is 6.85. The highest BCUT2D eigenvalue weighted by atomic mass is 16.6. The van der Waals surface area contributed by atoms with Crippen LogP contribution in [0.25, 0.3) is 0 Å². The normalized spacial score (nSPS) is 24.8. The van der Waals surface area contributed by atoms with Crippen molar-refractivity contribution in [3.05, 3.63) is 0 Å². The molecule has 6 heteroatoms. The molecule has 2 aliphatic rings. The van der Waals surface area contributed by atoms with Crippen LogP contribution in [0.4, 0.5) is 4.79 Å². The molecule has 2 rings (SSSR count). The van der Waals surface area contributed by atoms with Crippen LogP contribution in [0.1, 0.15) is 46.5 Å². The highest BCUT2D eigenvalue weighted by Gasteiger charge is 2.35. The Morgan fingerprint density at radius 2 is 1.95 bits per heavy atom. The molecular weight excluding hydrogens is 270 g/mol. The van der Waals surface area contributed by atoms with E-state index < -0.39 is 17.7 Å². The topological polar surface area (TPSA) is 70.7 Å². The molecule has 2 fully saturated rings. The van der Waals surface area contributed by atoms with Crippen molar-refractivity contribution in [1.29, 1.82) is 0 Å². The summed E-state index contributed by atoms with van der Waals surface area (Å²) in [6.07, 6.45) is 3.10. The molecule has 0 bridgehead atoms. The van der Waals surface area contributed by atoms with Gasteiger partial charge in [-0.1, -0.05) is 0 Å². The summed E-state index contributed by atoms with van der Waals surface area (Å²) in [5.41, 5.74) is -0.545. The van der Waals surface area contributed by atoms with Gasteiger partial charge in [0.2, 0.25) is 5.91 Å². The predicted octanol–water partition coefficient (Wildman–Crippen LogP) is 1.25. The minimum atomic E-state index is -0.545. The summed E-state index contributed by atoms with van der Waals surface area (Å²) in [5.74, 6) is 0.0407. The summed E-state index contributed by atoms with van der Waals surface area (Å²) in [4.78, 5) is 26.4. The minimum absolute atomic E-state index is 0.0407. The molecule has 21 heavy (non-hydrogen) atoms. The molecule has 2 heterocycles. The van der Waals surface area contributed by atoms with E-state index in [0.717, 1.165) is 38.9 Å². The number of piperidine rings is 2. The highest BCUT2D eigenvalue weighted by molar-refractivity contribution is 5.86. The fourth-order valence-corrected chi connectivity index (χ4v) is 2.96. The molecular formula is C15H27N3O3. The lowest BCUT2D eigenvalue weighted by Crippen LogP contribution is -2.57. The molecule has 0 spiro atoms. The van der Waals surface area contributed by atoms with E-state index in [0.29, 0.717) is 12.5 Å². The second kappa shape index (κ2) is 6.64. The number of rotatable bonds is 2. The van der Waals surface area contributed by atoms with E-state index >= 15 is 0 Å². The van der Waals surface area contributed by atoms with Gasteiger partial charge in [0.25, 0.3) is 0 Å². The van der Waals surface area contributed by atoms with Gasteiger partial charge in [0, 0.05) is 12.6 Å². The van der Waals surface area contributed by atoms with Crippen LogP contribution in [-0.4, -0.2) is 54.2 Å². The van der Waals surface area contributed by atoms with Crippen molar-refractivity contribution in [2.45, 2.75) is 64.1 Å². The van der Waals surface area contributed by atoms with Crippen molar-refractivity contribution >= 4 is 12.0 Å². The monoisotopic (exact) mass is 297 g/mol. The molecule has 2 aliphatic heterocycles. The zero-order valence-corrected chi connectivity index (χ0v) is 13.3. The van der Waals surface area contributed by atoms with Gasteiger partial charge in [-0.25, -0.2) is 4.79 Å². The van der Waals surface area contributed by atoms with Crippen molar-refractivity contribution in [1.82, 2.24) is 15.5 Å². The number of amides is 2. The lowest BCUT2D eigenvalue weighted by atomic mass is 9.98. The summed E-state index contributed by atoms with van der Waals surface area (Å²) < 4.78 is 5.24. The van der Waals surface area contributed by atoms with Gasteiger partial charge in [0.05, 0.1) is 0 Å². The number of carbonyl (C=O) groups excluding carboxylic acids is 2. The highest BCUT2D eigenvalue weighted by Crippen LogP contribution is 2.20. The molecule has 120 valence electrons. The van der Waals surface area contributed by atoms with Gasteiger partial charge in [-0.15, -0.1) is 0 Å². The molecule has 0 aliphatic carbocycles. The SMILES string of the molecule is CC(C)(C)OC(=O)N[C@H]1CCCN(C2CCNCC2)C1=O. The van der Waals surface area contributed by atoms with Crippen LogP contribution in [0, 0.1) is 0 Å². The van der Waals surface area contributed by atoms with Gasteiger partial charge in [0.15, 0.2) is 0 Å². The van der Waals surface area contributed by atoms with E-state index in [2.05, 4.69) is 10.6 Å². The molecule has 6 nitrogen and oxygen atoms in total. The zero-order valence-electron chi connectivity index (χ0n) is 13.3. The molecule has 2 amide bonds. The zero-order chi connectivity index (χ0) is 15.5. The lowest BCUT2D eigenvalue weighted by Gasteiger charge is -2.40. The van der Waals surface area contributed by atoms with Crippen molar-refractivity contribution in [3.8, 4) is 0 Å². The first-order chi connectivity index (χ1) is 9.87. The maximum Gasteiger partial charge on any atom is 0.408 e. The van der Waals surface area contributed by atoms with E-state index in [1.54, 1.807) is 0 Å². The van der Waals surface area contributed by atoms with Crippen molar-refractivity contribution < 1.29 is 14.3 Å². The number of nitrogens with zero attached hydrogens (tertiary/aromatic N) is 1. The van der Waals surface area contributed by atoms with Gasteiger partial charge < -0.3 is 20.3 Å². The average molecular weight is 297 g/mol. The third kappa shape index (κ3) is 4.59. The van der Waals surface area contributed by atoms with Crippen LogP contribution in [0.15, 0.2) is 0 Å². The molecule has 0 saturated carbocycles. The molecule has 2 N–H and O–H groups in total. The first kappa shape index (κ1) is 16.1. The van der Waals surface area contributed by atoms with Crippen molar-refractivity contribution in [3.63, 3.8) is 0 Å². The third-order valence-corrected chi connectivity index (χ3v) is 3.91. The van der Waals surface area contributed by atoms with Gasteiger partial charge in [-0.05, 0) is 59.5 Å². The Labute approximate surface area is 126 Å². The number of carbonyl (C=O) groups is 2. The number of likely N-dealkylation sites (tertiary alicyclic amines) is 1. The standard InChI is InChI=1S/C15H27N3O3/c1-15(2,3)21-14(20)17-12-5-4-10-18(13(12)19)11-6-8-16-9-7-11/h11-12,16H,4-10H2,1-3H3,(H,17,20)/t12-/m0/s1.